The highest BCUT2D eigenvalue weighted by Crippen LogP contribution is 2.18. The van der Waals surface area contributed by atoms with Crippen molar-refractivity contribution in [2.75, 3.05) is 47.5 Å². The van der Waals surface area contributed by atoms with Gasteiger partial charge in [0.05, 0.1) is 40.3 Å². The Morgan fingerprint density at radius 3 is 1.04 bits per heavy atom. The Hall–Kier alpha value is -3.27. The number of ether oxygens (including phenoxy) is 4. The van der Waals surface area contributed by atoms with Gasteiger partial charge in [0.25, 0.3) is 0 Å². The van der Waals surface area contributed by atoms with Crippen LogP contribution in [0.15, 0.2) is 72.9 Å². The fraction of sp³-hybridized carbons (Fsp3) is 0.797. The molecule has 0 aromatic heterocycles. The van der Waals surface area contributed by atoms with Gasteiger partial charge in [-0.1, -0.05) is 299 Å². The number of carboxylic acid groups (broad SMARTS) is 1. The van der Waals surface area contributed by atoms with E-state index in [1.54, 1.807) is 0 Å². The van der Waals surface area contributed by atoms with Crippen LogP contribution >= 0.6 is 0 Å². The van der Waals surface area contributed by atoms with E-state index < -0.39 is 24.3 Å². The molecule has 0 radical (unpaired) electrons. The molecule has 0 aromatic rings. The molecule has 0 fully saturated rings. The minimum atomic E-state index is -1.62. The Bertz CT molecular complexity index is 1590. The number of unbranched alkanes of at least 4 members (excludes halogenated alkanes) is 38. The van der Waals surface area contributed by atoms with Gasteiger partial charge < -0.3 is 33.3 Å². The molecule has 2 unspecified atom stereocenters. The molecule has 0 heterocycles. The highest BCUT2D eigenvalue weighted by Gasteiger charge is 2.22. The summed E-state index contributed by atoms with van der Waals surface area (Å²) in [6, 6.07) is 0. The predicted molar refractivity (Wildman–Crippen MR) is 352 cm³/mol. The van der Waals surface area contributed by atoms with Crippen LogP contribution < -0.4 is 5.11 Å². The van der Waals surface area contributed by atoms with Crippen LogP contribution in [0.2, 0.25) is 0 Å². The van der Waals surface area contributed by atoms with E-state index in [2.05, 4.69) is 86.8 Å². The zero-order valence-corrected chi connectivity index (χ0v) is 55.1. The summed E-state index contributed by atoms with van der Waals surface area (Å²) in [4.78, 5) is 37.5. The van der Waals surface area contributed by atoms with Gasteiger partial charge in [0, 0.05) is 12.8 Å². The summed E-state index contributed by atoms with van der Waals surface area (Å²) in [5.41, 5.74) is 0. The lowest BCUT2D eigenvalue weighted by atomic mass is 10.0. The van der Waals surface area contributed by atoms with Gasteiger partial charge in [-0.25, -0.2) is 0 Å². The monoisotopic (exact) mass is 1160 g/mol. The van der Waals surface area contributed by atoms with E-state index in [9.17, 15) is 19.5 Å². The third kappa shape index (κ3) is 66.1. The van der Waals surface area contributed by atoms with Crippen LogP contribution in [-0.4, -0.2) is 82.3 Å². The van der Waals surface area contributed by atoms with Crippen LogP contribution in [0.4, 0.5) is 0 Å². The SMILES string of the molecule is CC/C=C\C/C=C\C/C=C\C/C=C\C/C=C\CCCCCCCCCCCCCC(=O)OC(COC(=O)CCCCCCCCCCCCCCCCCCCCC/C=C\CCCCCCCCCC)COC(OCC[N+](C)(C)C)C(=O)[O-]. The van der Waals surface area contributed by atoms with Gasteiger partial charge in [0.15, 0.2) is 12.4 Å². The lowest BCUT2D eigenvalue weighted by molar-refractivity contribution is -0.870. The van der Waals surface area contributed by atoms with E-state index in [4.69, 9.17) is 18.9 Å². The number of hydrogen-bond donors (Lipinski definition) is 0. The zero-order chi connectivity index (χ0) is 60.5. The molecule has 0 aliphatic rings. The summed E-state index contributed by atoms with van der Waals surface area (Å²) in [6.45, 7) is 4.67. The van der Waals surface area contributed by atoms with Gasteiger partial charge in [0.1, 0.15) is 13.2 Å². The first kappa shape index (κ1) is 79.7. The number of aliphatic carboxylic acids is 1. The van der Waals surface area contributed by atoms with Gasteiger partial charge in [-0.15, -0.1) is 0 Å². The Balaban J connectivity index is 4.09. The van der Waals surface area contributed by atoms with E-state index >= 15 is 0 Å². The zero-order valence-electron chi connectivity index (χ0n) is 55.1. The van der Waals surface area contributed by atoms with Crippen molar-refractivity contribution in [2.45, 2.75) is 334 Å². The van der Waals surface area contributed by atoms with Crippen LogP contribution in [0.5, 0.6) is 0 Å². The van der Waals surface area contributed by atoms with Crippen molar-refractivity contribution in [2.24, 2.45) is 0 Å². The third-order valence-corrected chi connectivity index (χ3v) is 15.4. The van der Waals surface area contributed by atoms with Gasteiger partial charge in [0.2, 0.25) is 0 Å². The molecule has 482 valence electrons. The number of nitrogens with zero attached hydrogens (tertiary/aromatic N) is 1. The molecule has 83 heavy (non-hydrogen) atoms. The minimum absolute atomic E-state index is 0.146. The van der Waals surface area contributed by atoms with Crippen molar-refractivity contribution in [1.82, 2.24) is 0 Å². The fourth-order valence-electron chi connectivity index (χ4n) is 10.1. The number of esters is 2. The average molecular weight is 1160 g/mol. The van der Waals surface area contributed by atoms with E-state index in [-0.39, 0.29) is 32.2 Å². The maximum absolute atomic E-state index is 12.9. The first-order valence-electron chi connectivity index (χ1n) is 35.1. The summed E-state index contributed by atoms with van der Waals surface area (Å²) in [6.07, 6.45) is 82.7. The maximum Gasteiger partial charge on any atom is 0.306 e. The molecule has 0 aromatic carbocycles. The summed E-state index contributed by atoms with van der Waals surface area (Å²) in [7, 11) is 5.93. The average Bonchev–Trinajstić information content (AvgIpc) is 3.46. The highest BCUT2D eigenvalue weighted by atomic mass is 16.7. The highest BCUT2D eigenvalue weighted by molar-refractivity contribution is 5.70. The maximum atomic E-state index is 12.9. The van der Waals surface area contributed by atoms with Crippen LogP contribution in [-0.2, 0) is 33.3 Å². The van der Waals surface area contributed by atoms with Crippen molar-refractivity contribution < 1.29 is 42.9 Å². The lowest BCUT2D eigenvalue weighted by Crippen LogP contribution is -2.44. The molecule has 0 bridgehead atoms. The first-order chi connectivity index (χ1) is 40.6. The number of carbonyl (C=O) groups excluding carboxylic acids is 3. The number of likely N-dealkylation sites (N-methyl/N-ethyl adjacent to an activating group) is 1. The van der Waals surface area contributed by atoms with Gasteiger partial charge in [-0.3, -0.25) is 9.59 Å². The van der Waals surface area contributed by atoms with Crippen LogP contribution in [0.1, 0.15) is 322 Å². The lowest BCUT2D eigenvalue weighted by Gasteiger charge is -2.26. The Morgan fingerprint density at radius 2 is 0.687 bits per heavy atom. The smallest absolute Gasteiger partial charge is 0.306 e. The molecule has 0 rings (SSSR count). The molecular formula is C74H133NO8. The second-order valence-electron chi connectivity index (χ2n) is 24.8. The molecule has 0 aliphatic carbocycles. The van der Waals surface area contributed by atoms with Gasteiger partial charge in [-0.05, 0) is 83.5 Å². The normalized spacial score (nSPS) is 13.1. The number of carbonyl (C=O) groups is 3. The molecular weight excluding hydrogens is 1030 g/mol. The Labute approximate surface area is 513 Å². The topological polar surface area (TPSA) is 111 Å². The van der Waals surface area contributed by atoms with Crippen LogP contribution in [0.3, 0.4) is 0 Å². The van der Waals surface area contributed by atoms with Crippen molar-refractivity contribution >= 4 is 17.9 Å². The van der Waals surface area contributed by atoms with Gasteiger partial charge >= 0.3 is 11.9 Å². The molecule has 0 amide bonds. The minimum Gasteiger partial charge on any atom is -0.545 e. The Kier molecular flexibility index (Phi) is 62.2. The summed E-state index contributed by atoms with van der Waals surface area (Å²) in [5.74, 6) is -2.27. The number of carboxylic acids is 1. The van der Waals surface area contributed by atoms with Crippen LogP contribution in [0, 0.1) is 0 Å². The fourth-order valence-corrected chi connectivity index (χ4v) is 10.1. The largest absolute Gasteiger partial charge is 0.545 e. The number of quaternary nitrogens is 1. The standard InChI is InChI=1S/C74H133NO8/c1-6-8-10-12-14-16-18-20-22-24-26-28-30-32-34-35-36-37-39-40-42-44-46-48-50-52-54-56-58-60-62-64-71(76)81-68-70(69-82-74(73(78)79)80-67-66-75(3,4)5)83-72(77)65-63-61-59-57-55-53-51-49-47-45-43-41-38-33-31-29-27-25-23-21-19-17-15-13-11-9-7-2/h9,11,15,17,21,23-24,26-27,29,33,38,70,74H,6-8,10,12-14,16,18-20,22,25,28,30-32,34-37,39-69H2,1-5H3/b11-9-,17-15-,23-21-,26-24-,29-27-,38-33-. The molecule has 0 aliphatic heterocycles. The van der Waals surface area contributed by atoms with E-state index in [1.165, 1.54) is 212 Å². The van der Waals surface area contributed by atoms with Crippen LogP contribution in [0.25, 0.3) is 0 Å². The number of allylic oxidation sites excluding steroid dienone is 12. The van der Waals surface area contributed by atoms with Crippen molar-refractivity contribution in [3.8, 4) is 0 Å². The molecule has 0 N–H and O–H groups in total. The van der Waals surface area contributed by atoms with E-state index in [0.29, 0.717) is 23.9 Å². The number of hydrogen-bond acceptors (Lipinski definition) is 8. The molecule has 9 nitrogen and oxygen atoms in total. The summed E-state index contributed by atoms with van der Waals surface area (Å²) in [5, 5.41) is 11.8. The van der Waals surface area contributed by atoms with Crippen molar-refractivity contribution in [3.05, 3.63) is 72.9 Å². The predicted octanol–water partition coefficient (Wildman–Crippen LogP) is 20.4. The van der Waals surface area contributed by atoms with Crippen molar-refractivity contribution in [1.29, 1.82) is 0 Å². The molecule has 0 saturated heterocycles. The summed E-state index contributed by atoms with van der Waals surface area (Å²) < 4.78 is 22.8. The Morgan fingerprint density at radius 1 is 0.373 bits per heavy atom. The summed E-state index contributed by atoms with van der Waals surface area (Å²) >= 11 is 0. The number of rotatable bonds is 65. The second-order valence-corrected chi connectivity index (χ2v) is 24.8. The molecule has 9 heteroatoms. The third-order valence-electron chi connectivity index (χ3n) is 15.4. The quantitative estimate of drug-likeness (QED) is 0.0195. The molecule has 2 atom stereocenters. The second kappa shape index (κ2) is 64.7. The molecule has 0 saturated carbocycles. The van der Waals surface area contributed by atoms with E-state index in [0.717, 1.165) is 77.0 Å². The molecule has 0 spiro atoms. The van der Waals surface area contributed by atoms with Crippen molar-refractivity contribution in [3.63, 3.8) is 0 Å². The van der Waals surface area contributed by atoms with Gasteiger partial charge in [-0.2, -0.15) is 0 Å². The van der Waals surface area contributed by atoms with E-state index in [1.807, 2.05) is 21.1 Å². The first-order valence-corrected chi connectivity index (χ1v) is 35.1.